The second-order valence-electron chi connectivity index (χ2n) is 6.16. The number of hydrogen-bond donors (Lipinski definition) is 3. The molecule has 0 saturated carbocycles. The van der Waals surface area contributed by atoms with Crippen molar-refractivity contribution in [3.63, 3.8) is 0 Å². The van der Waals surface area contributed by atoms with Crippen molar-refractivity contribution in [2.45, 2.75) is 38.5 Å². The number of hydrogen-bond acceptors (Lipinski definition) is 6. The summed E-state index contributed by atoms with van der Waals surface area (Å²) < 4.78 is 6.44. The molecule has 3 N–H and O–H groups in total. The number of rotatable bonds is 5. The number of aromatic amines is 1. The Morgan fingerprint density at radius 3 is 2.84 bits per heavy atom. The van der Waals surface area contributed by atoms with Crippen molar-refractivity contribution in [2.75, 3.05) is 18.5 Å². The van der Waals surface area contributed by atoms with E-state index in [1.165, 1.54) is 4.57 Å². The minimum atomic E-state index is -0.561. The van der Waals surface area contributed by atoms with Gasteiger partial charge < -0.3 is 15.2 Å². The van der Waals surface area contributed by atoms with Gasteiger partial charge >= 0.3 is 11.4 Å². The number of aromatic nitrogens is 3. The van der Waals surface area contributed by atoms with Gasteiger partial charge in [-0.25, -0.2) is 14.2 Å². The molecular formula is C17H22N4O4. The lowest BCUT2D eigenvalue weighted by atomic mass is 10.1. The zero-order valence-electron chi connectivity index (χ0n) is 14.1. The second kappa shape index (κ2) is 7.62. The highest BCUT2D eigenvalue weighted by Gasteiger charge is 2.20. The molecule has 1 aliphatic heterocycles. The van der Waals surface area contributed by atoms with E-state index < -0.39 is 11.4 Å². The van der Waals surface area contributed by atoms with Gasteiger partial charge in [0.15, 0.2) is 0 Å². The van der Waals surface area contributed by atoms with Crippen LogP contribution in [0.2, 0.25) is 0 Å². The van der Waals surface area contributed by atoms with E-state index >= 15 is 0 Å². The van der Waals surface area contributed by atoms with Gasteiger partial charge in [-0.15, -0.1) is 0 Å². The van der Waals surface area contributed by atoms with E-state index in [4.69, 9.17) is 4.74 Å². The van der Waals surface area contributed by atoms with Gasteiger partial charge in [0, 0.05) is 19.3 Å². The van der Waals surface area contributed by atoms with Crippen molar-refractivity contribution in [3.05, 3.63) is 56.4 Å². The lowest BCUT2D eigenvalue weighted by Crippen LogP contribution is -2.42. The van der Waals surface area contributed by atoms with E-state index in [2.05, 4.69) is 15.3 Å². The first-order valence-corrected chi connectivity index (χ1v) is 8.35. The van der Waals surface area contributed by atoms with Gasteiger partial charge in [-0.3, -0.25) is 4.98 Å². The van der Waals surface area contributed by atoms with E-state index in [9.17, 15) is 14.7 Å². The number of aliphatic hydroxyl groups excluding tert-OH is 1. The first-order valence-electron chi connectivity index (χ1n) is 8.35. The summed E-state index contributed by atoms with van der Waals surface area (Å²) in [5.74, 6) is 0.139. The van der Waals surface area contributed by atoms with Crippen LogP contribution in [0.15, 0.2) is 33.9 Å². The zero-order valence-corrected chi connectivity index (χ0v) is 14.1. The third-order valence-electron chi connectivity index (χ3n) is 4.40. The molecule has 8 nitrogen and oxygen atoms in total. The van der Waals surface area contributed by atoms with Gasteiger partial charge in [0.1, 0.15) is 0 Å². The molecule has 1 aliphatic rings. The Balaban J connectivity index is 1.81. The largest absolute Gasteiger partial charge is 0.392 e. The van der Waals surface area contributed by atoms with Gasteiger partial charge in [0.05, 0.1) is 12.6 Å². The van der Waals surface area contributed by atoms with E-state index in [0.717, 1.165) is 11.1 Å². The topological polar surface area (TPSA) is 109 Å². The fourth-order valence-corrected chi connectivity index (χ4v) is 3.01. The molecular weight excluding hydrogens is 324 g/mol. The normalized spacial score (nSPS) is 16.6. The maximum Gasteiger partial charge on any atom is 0.355 e. The smallest absolute Gasteiger partial charge is 0.355 e. The minimum absolute atomic E-state index is 0.0449. The molecule has 1 atom stereocenters. The number of ether oxygens (including phenoxy) is 1. The molecule has 0 radical (unpaired) electrons. The SMILES string of the molecule is CC(Nc1nc(=O)n(C2CCOCC2)c(=O)[nH]1)c1cccc(CO)c1. The Morgan fingerprint density at radius 1 is 1.40 bits per heavy atom. The summed E-state index contributed by atoms with van der Waals surface area (Å²) in [7, 11) is 0. The molecule has 1 unspecified atom stereocenters. The van der Waals surface area contributed by atoms with Gasteiger partial charge in [0.2, 0.25) is 5.95 Å². The standard InChI is InChI=1S/C17H22N4O4/c1-11(13-4-2-3-12(9-13)10-22)18-15-19-16(23)21(17(24)20-15)14-5-7-25-8-6-14/h2-4,9,11,14,22H,5-8,10H2,1H3,(H2,18,19,20,23,24). The Labute approximate surface area is 144 Å². The van der Waals surface area contributed by atoms with E-state index in [-0.39, 0.29) is 24.6 Å². The monoisotopic (exact) mass is 346 g/mol. The number of nitrogens with one attached hydrogen (secondary N) is 2. The molecule has 2 heterocycles. The molecule has 0 amide bonds. The molecule has 1 saturated heterocycles. The van der Waals surface area contributed by atoms with Crippen molar-refractivity contribution < 1.29 is 9.84 Å². The van der Waals surface area contributed by atoms with Crippen molar-refractivity contribution >= 4 is 5.95 Å². The van der Waals surface area contributed by atoms with Crippen LogP contribution in [0, 0.1) is 0 Å². The summed E-state index contributed by atoms with van der Waals surface area (Å²) in [6.45, 7) is 2.92. The molecule has 1 fully saturated rings. The Hall–Kier alpha value is -2.45. The van der Waals surface area contributed by atoms with Crippen LogP contribution in [-0.4, -0.2) is 32.9 Å². The molecule has 0 spiro atoms. The fourth-order valence-electron chi connectivity index (χ4n) is 3.01. The number of aliphatic hydroxyl groups is 1. The number of benzene rings is 1. The summed E-state index contributed by atoms with van der Waals surface area (Å²) in [5, 5.41) is 12.3. The van der Waals surface area contributed by atoms with Gasteiger partial charge in [-0.2, -0.15) is 4.98 Å². The summed E-state index contributed by atoms with van der Waals surface area (Å²) in [4.78, 5) is 31.2. The molecule has 1 aromatic heterocycles. The summed E-state index contributed by atoms with van der Waals surface area (Å²) >= 11 is 0. The van der Waals surface area contributed by atoms with Crippen LogP contribution in [0.1, 0.15) is 43.0 Å². The predicted molar refractivity (Wildman–Crippen MR) is 92.6 cm³/mol. The summed E-state index contributed by atoms with van der Waals surface area (Å²) in [6.07, 6.45) is 1.25. The first-order chi connectivity index (χ1) is 12.1. The third-order valence-corrected chi connectivity index (χ3v) is 4.40. The number of H-pyrrole nitrogens is 1. The van der Waals surface area contributed by atoms with Crippen molar-refractivity contribution in [3.8, 4) is 0 Å². The average molecular weight is 346 g/mol. The molecule has 1 aromatic carbocycles. The molecule has 25 heavy (non-hydrogen) atoms. The molecule has 0 bridgehead atoms. The Kier molecular flexibility index (Phi) is 5.30. The third kappa shape index (κ3) is 3.97. The highest BCUT2D eigenvalue weighted by atomic mass is 16.5. The highest BCUT2D eigenvalue weighted by molar-refractivity contribution is 5.32. The van der Waals surface area contributed by atoms with Crippen LogP contribution >= 0.6 is 0 Å². The number of nitrogens with zero attached hydrogens (tertiary/aromatic N) is 2. The maximum absolute atomic E-state index is 12.3. The second-order valence-corrected chi connectivity index (χ2v) is 6.16. The average Bonchev–Trinajstić information content (AvgIpc) is 2.62. The molecule has 2 aromatic rings. The van der Waals surface area contributed by atoms with E-state index in [1.807, 2.05) is 31.2 Å². The minimum Gasteiger partial charge on any atom is -0.392 e. The van der Waals surface area contributed by atoms with Gasteiger partial charge in [-0.05, 0) is 30.9 Å². The van der Waals surface area contributed by atoms with E-state index in [1.54, 1.807) is 0 Å². The lowest BCUT2D eigenvalue weighted by molar-refractivity contribution is 0.0670. The maximum atomic E-state index is 12.3. The fraction of sp³-hybridized carbons (Fsp3) is 0.471. The number of anilines is 1. The van der Waals surface area contributed by atoms with Gasteiger partial charge in [-0.1, -0.05) is 24.3 Å². The Morgan fingerprint density at radius 2 is 2.16 bits per heavy atom. The Bertz CT molecular complexity index is 808. The molecule has 0 aliphatic carbocycles. The van der Waals surface area contributed by atoms with Crippen LogP contribution in [0.25, 0.3) is 0 Å². The van der Waals surface area contributed by atoms with Crippen LogP contribution in [0.5, 0.6) is 0 Å². The summed E-state index contributed by atoms with van der Waals surface area (Å²) in [6, 6.07) is 7.07. The van der Waals surface area contributed by atoms with Crippen LogP contribution in [0.3, 0.4) is 0 Å². The van der Waals surface area contributed by atoms with Crippen LogP contribution in [0.4, 0.5) is 5.95 Å². The predicted octanol–water partition coefficient (Wildman–Crippen LogP) is 0.948. The van der Waals surface area contributed by atoms with Gasteiger partial charge in [0.25, 0.3) is 0 Å². The molecule has 134 valence electrons. The first kappa shape index (κ1) is 17.4. The molecule has 8 heteroatoms. The van der Waals surface area contributed by atoms with Crippen LogP contribution in [-0.2, 0) is 11.3 Å². The van der Waals surface area contributed by atoms with Crippen molar-refractivity contribution in [1.29, 1.82) is 0 Å². The molecule has 3 rings (SSSR count). The lowest BCUT2D eigenvalue weighted by Gasteiger charge is -2.23. The quantitative estimate of drug-likeness (QED) is 0.744. The summed E-state index contributed by atoms with van der Waals surface area (Å²) in [5.41, 5.74) is 0.686. The zero-order chi connectivity index (χ0) is 17.8. The van der Waals surface area contributed by atoms with E-state index in [0.29, 0.717) is 26.1 Å². The van der Waals surface area contributed by atoms with Crippen molar-refractivity contribution in [2.24, 2.45) is 0 Å². The van der Waals surface area contributed by atoms with Crippen LogP contribution < -0.4 is 16.7 Å². The van der Waals surface area contributed by atoms with Crippen molar-refractivity contribution in [1.82, 2.24) is 14.5 Å². The highest BCUT2D eigenvalue weighted by Crippen LogP contribution is 2.19.